The number of phenols is 2. The van der Waals surface area contributed by atoms with Gasteiger partial charge >= 0.3 is 0 Å². The first kappa shape index (κ1) is 49.9. The first-order valence-corrected chi connectivity index (χ1v) is 25.9. The fourth-order valence-corrected chi connectivity index (χ4v) is 8.84. The van der Waals surface area contributed by atoms with Gasteiger partial charge < -0.3 is 10.2 Å². The molecule has 2 N–H and O–H groups in total. The number of fused-ring (bicyclic) bond motifs is 1. The van der Waals surface area contributed by atoms with Gasteiger partial charge in [0, 0.05) is 36.2 Å². The largest absolute Gasteiger partial charge is 0.504 e. The molecule has 4 nitrogen and oxygen atoms in total. The first-order chi connectivity index (χ1) is 26.9. The minimum absolute atomic E-state index is 0. The van der Waals surface area contributed by atoms with Gasteiger partial charge in [-0.05, 0) is 146 Å². The summed E-state index contributed by atoms with van der Waals surface area (Å²) in [5.74, 6) is -0.0605. The smallest absolute Gasteiger partial charge is 0.165 e. The molecule has 0 amide bonds. The minimum Gasteiger partial charge on any atom is -0.504 e. The molecule has 0 unspecified atom stereocenters. The zero-order valence-corrected chi connectivity index (χ0v) is 39.2. The Bertz CT molecular complexity index is 1840. The summed E-state index contributed by atoms with van der Waals surface area (Å²) >= 11 is 0. The summed E-state index contributed by atoms with van der Waals surface area (Å²) in [5, 5.41) is 21.3. The van der Waals surface area contributed by atoms with E-state index in [1.807, 2.05) is 24.4 Å². The van der Waals surface area contributed by atoms with Crippen molar-refractivity contribution in [1.29, 1.82) is 0 Å². The predicted octanol–water partition coefficient (Wildman–Crippen LogP) is 15.5. The molecule has 0 aliphatic rings. The third-order valence-electron chi connectivity index (χ3n) is 10.7. The molecule has 0 aromatic heterocycles. The van der Waals surface area contributed by atoms with Crippen molar-refractivity contribution in [3.8, 4) is 11.5 Å². The van der Waals surface area contributed by atoms with E-state index >= 15 is 0 Å². The van der Waals surface area contributed by atoms with E-state index < -0.39 is 8.07 Å². The van der Waals surface area contributed by atoms with E-state index in [9.17, 15) is 10.2 Å². The number of aromatic hydroxyl groups is 2. The summed E-state index contributed by atoms with van der Waals surface area (Å²) in [4.78, 5) is 10.1. The summed E-state index contributed by atoms with van der Waals surface area (Å²) in [7, 11) is -1.22. The number of hydrogen-bond donors (Lipinski definition) is 2. The molecule has 0 fully saturated rings. The van der Waals surface area contributed by atoms with Crippen molar-refractivity contribution >= 4 is 42.1 Å². The maximum absolute atomic E-state index is 9.93. The van der Waals surface area contributed by atoms with Gasteiger partial charge in [0.05, 0.1) is 17.1 Å². The molecule has 4 rings (SSSR count). The third kappa shape index (κ3) is 17.3. The maximum Gasteiger partial charge on any atom is 0.165 e. The molecule has 0 aliphatic heterocycles. The number of nitrogens with zero attached hydrogens (tertiary/aromatic N) is 2. The molecule has 0 aliphatic carbocycles. The average molecular weight is 836 g/mol. The first-order valence-electron chi connectivity index (χ1n) is 22.2. The Balaban J connectivity index is 0.000000491. The number of aryl methyl sites for hydroxylation is 5. The second-order valence-corrected chi connectivity index (χ2v) is 22.6. The van der Waals surface area contributed by atoms with Crippen LogP contribution < -0.4 is 0 Å². The molecular weight excluding hydrogens is 759 g/mol. The molecule has 6 heteroatoms. The molecule has 0 bridgehead atoms. The van der Waals surface area contributed by atoms with Crippen LogP contribution >= 0.6 is 0 Å². The van der Waals surface area contributed by atoms with Gasteiger partial charge in [0.1, 0.15) is 0 Å². The zero-order chi connectivity index (χ0) is 40.9. The van der Waals surface area contributed by atoms with Crippen LogP contribution in [-0.4, -0.2) is 30.2 Å². The van der Waals surface area contributed by atoms with Gasteiger partial charge in [-0.1, -0.05) is 130 Å². The Hall–Kier alpha value is -3.21. The number of aliphatic imine (C=N–C) groups is 2. The van der Waals surface area contributed by atoms with Gasteiger partial charge in [-0.15, -0.1) is 0 Å². The number of hydrogen-bond acceptors (Lipinski definition) is 4. The zero-order valence-electron chi connectivity index (χ0n) is 37.2. The summed E-state index contributed by atoms with van der Waals surface area (Å²) in [6.07, 6.45) is 22.6. The van der Waals surface area contributed by atoms with Gasteiger partial charge in [-0.3, -0.25) is 9.98 Å². The second kappa shape index (κ2) is 26.7. The van der Waals surface area contributed by atoms with Crippen molar-refractivity contribution in [2.75, 3.05) is 0 Å². The maximum atomic E-state index is 9.93. The van der Waals surface area contributed by atoms with Crippen LogP contribution in [0.5, 0.6) is 11.5 Å². The van der Waals surface area contributed by atoms with Crippen molar-refractivity contribution in [3.05, 3.63) is 94.0 Å². The van der Waals surface area contributed by atoms with Crippen LogP contribution in [-0.2, 0) is 48.2 Å². The Morgan fingerprint density at radius 2 is 1.09 bits per heavy atom. The van der Waals surface area contributed by atoms with E-state index in [0.29, 0.717) is 0 Å². The Labute approximate surface area is 359 Å². The topological polar surface area (TPSA) is 65.2 Å². The molecule has 0 saturated carbocycles. The van der Waals surface area contributed by atoms with Gasteiger partial charge in [0.25, 0.3) is 0 Å². The summed E-state index contributed by atoms with van der Waals surface area (Å²) in [5.41, 5.74) is 11.8. The molecule has 0 spiro atoms. The standard InChI is InChI=1S/C36H56N2.C15H20O2Si.Ni/c1-6-11-16-17-22-36(38-35-26-24-31(19-13-8-3)33(28-35)21-15-10-5)29-37-34-25-23-30(18-12-7-2)32(27-34)20-14-9-4;1-10-5-6-12-11(7-8-14(16)15(12)17)13(10)9-18(2,3)4;/h23-29H,6-22H2,1-5H3;5-8,16-17H,9H2,1-4H3;. The molecular formula is C51H76N2NiO2Si. The average Bonchev–Trinajstić information content (AvgIpc) is 3.18. The summed E-state index contributed by atoms with van der Waals surface area (Å²) < 4.78 is 0. The SMILES string of the molecule is CCCCCCC(C=Nc1ccc(CCCC)c(CCCC)c1)=Nc1ccc(CCCC)c(CCCC)c1.Cc1ccc2c(O)c(O)ccc2c1C[Si](C)(C)C.[Ni]. The van der Waals surface area contributed by atoms with E-state index in [1.165, 1.54) is 123 Å². The Morgan fingerprint density at radius 1 is 0.579 bits per heavy atom. The number of rotatable bonds is 22. The van der Waals surface area contributed by atoms with Crippen LogP contribution in [0, 0.1) is 6.92 Å². The van der Waals surface area contributed by atoms with E-state index in [-0.39, 0.29) is 28.0 Å². The molecule has 0 atom stereocenters. The number of unbranched alkanes of at least 4 members (excludes halogenated alkanes) is 7. The van der Waals surface area contributed by atoms with Gasteiger partial charge in [0.2, 0.25) is 0 Å². The van der Waals surface area contributed by atoms with Crippen LogP contribution in [0.25, 0.3) is 10.8 Å². The number of phenolic OH excluding ortho intramolecular Hbond substituents is 2. The van der Waals surface area contributed by atoms with Crippen molar-refractivity contribution in [2.24, 2.45) is 9.98 Å². The van der Waals surface area contributed by atoms with Crippen molar-refractivity contribution in [1.82, 2.24) is 0 Å². The fraction of sp³-hybridized carbons (Fsp3) is 0.529. The van der Waals surface area contributed by atoms with Crippen LogP contribution in [0.3, 0.4) is 0 Å². The van der Waals surface area contributed by atoms with Gasteiger partial charge in [-0.2, -0.15) is 0 Å². The van der Waals surface area contributed by atoms with Crippen molar-refractivity contribution < 1.29 is 26.7 Å². The predicted molar refractivity (Wildman–Crippen MR) is 250 cm³/mol. The summed E-state index contributed by atoms with van der Waals surface area (Å²) in [6.45, 7) is 20.5. The molecule has 4 aromatic carbocycles. The molecule has 0 saturated heterocycles. The van der Waals surface area contributed by atoms with Crippen LogP contribution in [0.2, 0.25) is 19.6 Å². The minimum atomic E-state index is -1.22. The Kier molecular flexibility index (Phi) is 23.4. The van der Waals surface area contributed by atoms with Crippen LogP contribution in [0.4, 0.5) is 11.4 Å². The molecule has 57 heavy (non-hydrogen) atoms. The molecule has 316 valence electrons. The Morgan fingerprint density at radius 3 is 1.63 bits per heavy atom. The number of benzene rings is 4. The fourth-order valence-electron chi connectivity index (χ4n) is 7.31. The van der Waals surface area contributed by atoms with E-state index in [0.717, 1.165) is 53.2 Å². The normalized spacial score (nSPS) is 11.8. The van der Waals surface area contributed by atoms with Crippen molar-refractivity contribution in [3.63, 3.8) is 0 Å². The second-order valence-electron chi connectivity index (χ2n) is 17.1. The molecule has 4 aromatic rings. The van der Waals surface area contributed by atoms with E-state index in [1.54, 1.807) is 6.07 Å². The van der Waals surface area contributed by atoms with Crippen molar-refractivity contribution in [2.45, 2.75) is 176 Å². The molecule has 0 radical (unpaired) electrons. The monoisotopic (exact) mass is 835 g/mol. The van der Waals surface area contributed by atoms with Crippen LogP contribution in [0.15, 0.2) is 70.6 Å². The van der Waals surface area contributed by atoms with E-state index in [2.05, 4.69) is 97.6 Å². The van der Waals surface area contributed by atoms with Crippen LogP contribution in [0.1, 0.15) is 151 Å². The quantitative estimate of drug-likeness (QED) is 0.0358. The summed E-state index contributed by atoms with van der Waals surface area (Å²) in [6, 6.07) is 22.2. The van der Waals surface area contributed by atoms with Gasteiger partial charge in [0.15, 0.2) is 11.5 Å². The molecule has 0 heterocycles. The van der Waals surface area contributed by atoms with Gasteiger partial charge in [-0.25, -0.2) is 0 Å². The van der Waals surface area contributed by atoms with E-state index in [4.69, 9.17) is 9.98 Å². The third-order valence-corrected chi connectivity index (χ3v) is 12.1.